The topological polar surface area (TPSA) is 106 Å². The number of piperidine rings is 1. The zero-order valence-corrected chi connectivity index (χ0v) is 17.2. The summed E-state index contributed by atoms with van der Waals surface area (Å²) in [5.41, 5.74) is 7.43. The second kappa shape index (κ2) is 10.3. The fourth-order valence-corrected chi connectivity index (χ4v) is 4.35. The first-order chi connectivity index (χ1) is 13.3. The average Bonchev–Trinajstić information content (AvgIpc) is 2.69. The van der Waals surface area contributed by atoms with Gasteiger partial charge in [0.25, 0.3) is 5.91 Å². The number of primary amides is 1. The van der Waals surface area contributed by atoms with Gasteiger partial charge in [-0.25, -0.2) is 22.7 Å². The normalized spacial score (nSPS) is 15.5. The highest BCUT2D eigenvalue weighted by Crippen LogP contribution is 2.19. The minimum atomic E-state index is -3.08. The first-order valence-electron chi connectivity index (χ1n) is 9.37. The molecule has 8 heteroatoms. The molecule has 1 aliphatic rings. The van der Waals surface area contributed by atoms with Gasteiger partial charge in [-0.05, 0) is 43.7 Å². The van der Waals surface area contributed by atoms with Crippen LogP contribution in [0.25, 0.3) is 0 Å². The Hall–Kier alpha value is -2.32. The number of aryl methyl sites for hydroxylation is 2. The number of amides is 1. The predicted octanol–water partition coefficient (Wildman–Crippen LogP) is 2.17. The molecule has 2 heterocycles. The van der Waals surface area contributed by atoms with Crippen molar-refractivity contribution in [2.24, 2.45) is 11.7 Å². The lowest BCUT2D eigenvalue weighted by Gasteiger charge is -2.29. The number of carbonyl (C=O) groups excluding carboxylic acids is 1. The van der Waals surface area contributed by atoms with E-state index in [1.807, 2.05) is 31.2 Å². The van der Waals surface area contributed by atoms with E-state index in [0.717, 1.165) is 18.4 Å². The van der Waals surface area contributed by atoms with Crippen molar-refractivity contribution in [2.75, 3.05) is 18.8 Å². The van der Waals surface area contributed by atoms with Gasteiger partial charge in [0.05, 0.1) is 5.75 Å². The molecule has 1 amide bonds. The molecule has 0 saturated carbocycles. The molecule has 1 aromatic carbocycles. The second-order valence-corrected chi connectivity index (χ2v) is 9.18. The summed E-state index contributed by atoms with van der Waals surface area (Å²) in [7, 11) is -3.08. The molecule has 0 bridgehead atoms. The average molecular weight is 405 g/mol. The summed E-state index contributed by atoms with van der Waals surface area (Å²) in [6.45, 7) is 5.61. The van der Waals surface area contributed by atoms with Crippen LogP contribution in [0, 0.1) is 12.8 Å². The minimum Gasteiger partial charge on any atom is -0.364 e. The maximum atomic E-state index is 12.3. The van der Waals surface area contributed by atoms with Gasteiger partial charge in [0, 0.05) is 19.3 Å². The lowest BCUT2D eigenvalue weighted by atomic mass is 10.0. The predicted molar refractivity (Wildman–Crippen MR) is 109 cm³/mol. The number of hydrogen-bond donors (Lipinski definition) is 1. The molecule has 0 spiro atoms. The highest BCUT2D eigenvalue weighted by atomic mass is 32.2. The molecule has 1 aromatic heterocycles. The zero-order valence-electron chi connectivity index (χ0n) is 16.4. The number of rotatable bonds is 5. The molecule has 2 N–H and O–H groups in total. The lowest BCUT2D eigenvalue weighted by molar-refractivity contribution is 0.0995. The van der Waals surface area contributed by atoms with Crippen LogP contribution in [0.3, 0.4) is 0 Å². The van der Waals surface area contributed by atoms with Crippen molar-refractivity contribution in [3.8, 4) is 0 Å². The third-order valence-electron chi connectivity index (χ3n) is 4.74. The molecular weight excluding hydrogens is 376 g/mol. The molecule has 152 valence electrons. The van der Waals surface area contributed by atoms with E-state index in [9.17, 15) is 13.2 Å². The first kappa shape index (κ1) is 22.0. The summed E-state index contributed by atoms with van der Waals surface area (Å²) in [6.07, 6.45) is 5.33. The molecule has 1 saturated heterocycles. The zero-order chi connectivity index (χ0) is 20.6. The summed E-state index contributed by atoms with van der Waals surface area (Å²) in [5.74, 6) is 0.353. The van der Waals surface area contributed by atoms with Crippen molar-refractivity contribution in [1.82, 2.24) is 14.3 Å². The van der Waals surface area contributed by atoms with Crippen LogP contribution < -0.4 is 5.73 Å². The Morgan fingerprint density at radius 2 is 1.82 bits per heavy atom. The molecule has 2 aromatic rings. The summed E-state index contributed by atoms with van der Waals surface area (Å²) < 4.78 is 26.2. The minimum absolute atomic E-state index is 0.227. The Bertz CT molecular complexity index is 847. The van der Waals surface area contributed by atoms with E-state index >= 15 is 0 Å². The summed E-state index contributed by atoms with van der Waals surface area (Å²) in [4.78, 5) is 17.5. The quantitative estimate of drug-likeness (QED) is 0.822. The molecule has 0 atom stereocenters. The van der Waals surface area contributed by atoms with Gasteiger partial charge in [0.2, 0.25) is 10.0 Å². The van der Waals surface area contributed by atoms with Crippen molar-refractivity contribution >= 4 is 15.9 Å². The molecule has 1 fully saturated rings. The van der Waals surface area contributed by atoms with Gasteiger partial charge in [-0.3, -0.25) is 4.79 Å². The number of aromatic nitrogens is 2. The standard InChI is InChI=1S/C15H23NO2S.C5H5N3O/c1-13-3-5-15(6-4-13)9-12-19(17,18)16-10-7-14(2)8-11-16;6-5(9)4-1-2-7-3-8-4/h3-6,14H,7-12H2,1-2H3;1-3H,(H2,6,9). The summed E-state index contributed by atoms with van der Waals surface area (Å²) >= 11 is 0. The Balaban J connectivity index is 0.000000261. The Morgan fingerprint density at radius 3 is 2.32 bits per heavy atom. The van der Waals surface area contributed by atoms with Gasteiger partial charge in [-0.2, -0.15) is 0 Å². The van der Waals surface area contributed by atoms with Gasteiger partial charge in [0.1, 0.15) is 12.0 Å². The lowest BCUT2D eigenvalue weighted by Crippen LogP contribution is -2.39. The van der Waals surface area contributed by atoms with Crippen LogP contribution in [0.5, 0.6) is 0 Å². The van der Waals surface area contributed by atoms with Gasteiger partial charge >= 0.3 is 0 Å². The number of nitrogens with zero attached hydrogens (tertiary/aromatic N) is 3. The van der Waals surface area contributed by atoms with E-state index in [2.05, 4.69) is 16.9 Å². The summed E-state index contributed by atoms with van der Waals surface area (Å²) in [5, 5.41) is 0. The maximum absolute atomic E-state index is 12.3. The van der Waals surface area contributed by atoms with Crippen molar-refractivity contribution in [3.05, 3.63) is 59.7 Å². The molecule has 0 unspecified atom stereocenters. The summed E-state index contributed by atoms with van der Waals surface area (Å²) in [6, 6.07) is 9.56. The number of carbonyl (C=O) groups is 1. The Kier molecular flexibility index (Phi) is 8.07. The van der Waals surface area contributed by atoms with E-state index in [-0.39, 0.29) is 11.4 Å². The van der Waals surface area contributed by atoms with Crippen LogP contribution >= 0.6 is 0 Å². The number of sulfonamides is 1. The fourth-order valence-electron chi connectivity index (χ4n) is 2.83. The van der Waals surface area contributed by atoms with Crippen molar-refractivity contribution in [1.29, 1.82) is 0 Å². The van der Waals surface area contributed by atoms with Crippen LogP contribution in [0.1, 0.15) is 41.4 Å². The molecular formula is C20H28N4O3S. The van der Waals surface area contributed by atoms with Crippen LogP contribution in [0.4, 0.5) is 0 Å². The third kappa shape index (κ3) is 7.01. The SMILES string of the molecule is Cc1ccc(CCS(=O)(=O)N2CCC(C)CC2)cc1.NC(=O)c1ccncn1. The van der Waals surface area contributed by atoms with Crippen LogP contribution in [0.2, 0.25) is 0 Å². The molecule has 3 rings (SSSR count). The van der Waals surface area contributed by atoms with Gasteiger partial charge in [0.15, 0.2) is 0 Å². The van der Waals surface area contributed by atoms with Crippen molar-refractivity contribution < 1.29 is 13.2 Å². The number of nitrogens with two attached hydrogens (primary N) is 1. The van der Waals surface area contributed by atoms with E-state index in [4.69, 9.17) is 5.73 Å². The van der Waals surface area contributed by atoms with E-state index in [0.29, 0.717) is 25.4 Å². The first-order valence-corrected chi connectivity index (χ1v) is 11.0. The van der Waals surface area contributed by atoms with Crippen molar-refractivity contribution in [2.45, 2.75) is 33.1 Å². The van der Waals surface area contributed by atoms with E-state index in [1.165, 1.54) is 24.2 Å². The Morgan fingerprint density at radius 1 is 1.18 bits per heavy atom. The molecule has 1 aliphatic heterocycles. The monoisotopic (exact) mass is 404 g/mol. The third-order valence-corrected chi connectivity index (χ3v) is 6.61. The highest BCUT2D eigenvalue weighted by molar-refractivity contribution is 7.89. The number of benzene rings is 1. The number of hydrogen-bond acceptors (Lipinski definition) is 5. The molecule has 0 radical (unpaired) electrons. The Labute approximate surface area is 167 Å². The highest BCUT2D eigenvalue weighted by Gasteiger charge is 2.25. The van der Waals surface area contributed by atoms with E-state index < -0.39 is 15.9 Å². The smallest absolute Gasteiger partial charge is 0.267 e. The van der Waals surface area contributed by atoms with Crippen LogP contribution in [-0.4, -0.2) is 47.4 Å². The van der Waals surface area contributed by atoms with Crippen molar-refractivity contribution in [3.63, 3.8) is 0 Å². The molecule has 28 heavy (non-hydrogen) atoms. The molecule has 7 nitrogen and oxygen atoms in total. The maximum Gasteiger partial charge on any atom is 0.267 e. The van der Waals surface area contributed by atoms with Gasteiger partial charge < -0.3 is 5.73 Å². The van der Waals surface area contributed by atoms with Gasteiger partial charge in [-0.1, -0.05) is 36.8 Å². The fraction of sp³-hybridized carbons (Fsp3) is 0.450. The largest absolute Gasteiger partial charge is 0.364 e. The van der Waals surface area contributed by atoms with Crippen LogP contribution in [0.15, 0.2) is 42.9 Å². The second-order valence-electron chi connectivity index (χ2n) is 7.09. The van der Waals surface area contributed by atoms with E-state index in [1.54, 1.807) is 4.31 Å². The van der Waals surface area contributed by atoms with Gasteiger partial charge in [-0.15, -0.1) is 0 Å². The molecule has 0 aliphatic carbocycles. The van der Waals surface area contributed by atoms with Crippen LogP contribution in [-0.2, 0) is 16.4 Å².